The zero-order chi connectivity index (χ0) is 17.4. The number of nitrogens with zero attached hydrogens (tertiary/aromatic N) is 1. The van der Waals surface area contributed by atoms with Gasteiger partial charge in [0.15, 0.2) is 0 Å². The Hall–Kier alpha value is -1.59. The molecule has 1 aliphatic heterocycles. The molecule has 1 heterocycles. The van der Waals surface area contributed by atoms with Crippen LogP contribution >= 0.6 is 0 Å². The van der Waals surface area contributed by atoms with Gasteiger partial charge in [-0.05, 0) is 57.5 Å². The number of hydrogen-bond donors (Lipinski definition) is 1. The van der Waals surface area contributed by atoms with Crippen molar-refractivity contribution in [3.8, 4) is 5.75 Å². The van der Waals surface area contributed by atoms with Gasteiger partial charge in [-0.15, -0.1) is 0 Å². The van der Waals surface area contributed by atoms with Crippen molar-refractivity contribution in [1.29, 1.82) is 0 Å². The van der Waals surface area contributed by atoms with E-state index in [0.717, 1.165) is 18.8 Å². The Kier molecular flexibility index (Phi) is 7.53. The van der Waals surface area contributed by atoms with Crippen molar-refractivity contribution in [1.82, 2.24) is 10.2 Å². The van der Waals surface area contributed by atoms with Crippen molar-refractivity contribution in [2.24, 2.45) is 0 Å². The van der Waals surface area contributed by atoms with E-state index in [1.165, 1.54) is 18.4 Å². The highest BCUT2D eigenvalue weighted by Crippen LogP contribution is 2.27. The van der Waals surface area contributed by atoms with Crippen LogP contribution in [0.5, 0.6) is 5.75 Å². The maximum absolute atomic E-state index is 12.1. The number of amides is 1. The normalized spacial score (nSPS) is 16.3. The van der Waals surface area contributed by atoms with Gasteiger partial charge in [-0.2, -0.15) is 0 Å². The van der Waals surface area contributed by atoms with Gasteiger partial charge in [0.05, 0.1) is 25.9 Å². The van der Waals surface area contributed by atoms with Crippen molar-refractivity contribution in [2.75, 3.05) is 33.4 Å². The number of carbonyl (C=O) groups excluding carboxylic acids is 1. The zero-order valence-corrected chi connectivity index (χ0v) is 15.1. The van der Waals surface area contributed by atoms with E-state index in [9.17, 15) is 4.79 Å². The van der Waals surface area contributed by atoms with Crippen LogP contribution in [0.3, 0.4) is 0 Å². The van der Waals surface area contributed by atoms with Crippen LogP contribution in [0.4, 0.5) is 0 Å². The molecule has 1 aromatic carbocycles. The fourth-order valence-electron chi connectivity index (χ4n) is 3.05. The number of ether oxygens (including phenoxy) is 2. The quantitative estimate of drug-likeness (QED) is 0.754. The number of hydrogen-bond acceptors (Lipinski definition) is 4. The Morgan fingerprint density at radius 3 is 2.71 bits per heavy atom. The molecule has 1 amide bonds. The molecule has 134 valence electrons. The highest BCUT2D eigenvalue weighted by molar-refractivity contribution is 5.76. The molecule has 0 radical (unpaired) electrons. The first-order valence-corrected chi connectivity index (χ1v) is 8.86. The van der Waals surface area contributed by atoms with Gasteiger partial charge in [0.25, 0.3) is 0 Å². The standard InChI is InChI=1S/C19H30N2O3/c1-15(2)24-12-9-19(22)20-14-18(21-10-4-5-11-21)16-7-6-8-17(13-16)23-3/h6-8,13,15,18H,4-5,9-12,14H2,1-3H3,(H,20,22). The Labute approximate surface area is 145 Å². The van der Waals surface area contributed by atoms with Gasteiger partial charge in [0.1, 0.15) is 5.75 Å². The van der Waals surface area contributed by atoms with E-state index >= 15 is 0 Å². The molecule has 1 aromatic rings. The van der Waals surface area contributed by atoms with Crippen LogP contribution < -0.4 is 10.1 Å². The molecule has 1 atom stereocenters. The Morgan fingerprint density at radius 1 is 1.29 bits per heavy atom. The van der Waals surface area contributed by atoms with Crippen LogP contribution in [-0.2, 0) is 9.53 Å². The van der Waals surface area contributed by atoms with E-state index in [0.29, 0.717) is 19.6 Å². The summed E-state index contributed by atoms with van der Waals surface area (Å²) < 4.78 is 10.8. The molecule has 0 spiro atoms. The second-order valence-corrected chi connectivity index (χ2v) is 6.51. The molecule has 24 heavy (non-hydrogen) atoms. The lowest BCUT2D eigenvalue weighted by molar-refractivity contribution is -0.122. The van der Waals surface area contributed by atoms with Gasteiger partial charge in [-0.25, -0.2) is 0 Å². The molecule has 0 aromatic heterocycles. The van der Waals surface area contributed by atoms with E-state index in [1.54, 1.807) is 7.11 Å². The monoisotopic (exact) mass is 334 g/mol. The highest BCUT2D eigenvalue weighted by Gasteiger charge is 2.24. The highest BCUT2D eigenvalue weighted by atomic mass is 16.5. The number of carbonyl (C=O) groups is 1. The molecular weight excluding hydrogens is 304 g/mol. The molecule has 1 N–H and O–H groups in total. The zero-order valence-electron chi connectivity index (χ0n) is 15.1. The molecule has 1 saturated heterocycles. The predicted molar refractivity (Wildman–Crippen MR) is 95.3 cm³/mol. The molecule has 2 rings (SSSR count). The summed E-state index contributed by atoms with van der Waals surface area (Å²) in [4.78, 5) is 14.5. The topological polar surface area (TPSA) is 50.8 Å². The van der Waals surface area contributed by atoms with E-state index in [2.05, 4.69) is 22.3 Å². The van der Waals surface area contributed by atoms with Gasteiger partial charge >= 0.3 is 0 Å². The van der Waals surface area contributed by atoms with E-state index in [4.69, 9.17) is 9.47 Å². The second kappa shape index (κ2) is 9.64. The molecule has 0 saturated carbocycles. The summed E-state index contributed by atoms with van der Waals surface area (Å²) in [5, 5.41) is 3.07. The maximum Gasteiger partial charge on any atom is 0.222 e. The molecule has 5 heteroatoms. The lowest BCUT2D eigenvalue weighted by Crippen LogP contribution is -2.37. The van der Waals surface area contributed by atoms with E-state index in [-0.39, 0.29) is 18.1 Å². The van der Waals surface area contributed by atoms with Crippen molar-refractivity contribution < 1.29 is 14.3 Å². The van der Waals surface area contributed by atoms with Gasteiger partial charge in [0.2, 0.25) is 5.91 Å². The largest absolute Gasteiger partial charge is 0.497 e. The average molecular weight is 334 g/mol. The molecule has 1 unspecified atom stereocenters. The summed E-state index contributed by atoms with van der Waals surface area (Å²) in [6.07, 6.45) is 3.00. The molecule has 0 aliphatic carbocycles. The molecule has 0 bridgehead atoms. The van der Waals surface area contributed by atoms with Crippen LogP contribution in [0, 0.1) is 0 Å². The van der Waals surface area contributed by atoms with Crippen molar-refractivity contribution in [2.45, 2.75) is 45.3 Å². The number of benzene rings is 1. The third kappa shape index (κ3) is 5.80. The van der Waals surface area contributed by atoms with Gasteiger partial charge in [-0.3, -0.25) is 9.69 Å². The Bertz CT molecular complexity index is 513. The SMILES string of the molecule is COc1cccc(C(CNC(=O)CCOC(C)C)N2CCCC2)c1. The van der Waals surface area contributed by atoms with Crippen molar-refractivity contribution in [3.05, 3.63) is 29.8 Å². The van der Waals surface area contributed by atoms with Crippen LogP contribution in [0.1, 0.15) is 44.7 Å². The number of nitrogens with one attached hydrogen (secondary N) is 1. The molecule has 5 nitrogen and oxygen atoms in total. The fraction of sp³-hybridized carbons (Fsp3) is 0.632. The van der Waals surface area contributed by atoms with Crippen LogP contribution in [0.2, 0.25) is 0 Å². The van der Waals surface area contributed by atoms with Crippen molar-refractivity contribution in [3.63, 3.8) is 0 Å². The smallest absolute Gasteiger partial charge is 0.222 e. The van der Waals surface area contributed by atoms with Gasteiger partial charge in [-0.1, -0.05) is 12.1 Å². The third-order valence-corrected chi connectivity index (χ3v) is 4.33. The summed E-state index contributed by atoms with van der Waals surface area (Å²) in [5.74, 6) is 0.899. The minimum Gasteiger partial charge on any atom is -0.497 e. The van der Waals surface area contributed by atoms with E-state index < -0.39 is 0 Å². The minimum absolute atomic E-state index is 0.0442. The Morgan fingerprint density at radius 2 is 2.04 bits per heavy atom. The summed E-state index contributed by atoms with van der Waals surface area (Å²) in [6, 6.07) is 8.33. The summed E-state index contributed by atoms with van der Waals surface area (Å²) in [5.41, 5.74) is 1.19. The van der Waals surface area contributed by atoms with Crippen LogP contribution in [-0.4, -0.2) is 50.3 Å². The summed E-state index contributed by atoms with van der Waals surface area (Å²) in [6.45, 7) is 7.20. The van der Waals surface area contributed by atoms with Gasteiger partial charge in [0, 0.05) is 13.0 Å². The van der Waals surface area contributed by atoms with E-state index in [1.807, 2.05) is 26.0 Å². The van der Waals surface area contributed by atoms with Crippen LogP contribution in [0.15, 0.2) is 24.3 Å². The summed E-state index contributed by atoms with van der Waals surface area (Å²) >= 11 is 0. The number of methoxy groups -OCH3 is 1. The first kappa shape index (κ1) is 18.7. The molecule has 1 fully saturated rings. The first-order valence-electron chi connectivity index (χ1n) is 8.86. The first-order chi connectivity index (χ1) is 11.6. The third-order valence-electron chi connectivity index (χ3n) is 4.33. The fourth-order valence-corrected chi connectivity index (χ4v) is 3.05. The summed E-state index contributed by atoms with van der Waals surface area (Å²) in [7, 11) is 1.68. The lowest BCUT2D eigenvalue weighted by atomic mass is 10.0. The van der Waals surface area contributed by atoms with Crippen LogP contribution in [0.25, 0.3) is 0 Å². The molecular formula is C19H30N2O3. The molecule has 1 aliphatic rings. The Balaban J connectivity index is 1.95. The number of rotatable bonds is 9. The second-order valence-electron chi connectivity index (χ2n) is 6.51. The maximum atomic E-state index is 12.1. The predicted octanol–water partition coefficient (Wildman–Crippen LogP) is 2.76. The minimum atomic E-state index is 0.0442. The lowest BCUT2D eigenvalue weighted by Gasteiger charge is -2.28. The number of likely N-dealkylation sites (tertiary alicyclic amines) is 1. The average Bonchev–Trinajstić information content (AvgIpc) is 3.09. The van der Waals surface area contributed by atoms with Gasteiger partial charge < -0.3 is 14.8 Å². The van der Waals surface area contributed by atoms with Crippen molar-refractivity contribution >= 4 is 5.91 Å².